The van der Waals surface area contributed by atoms with Crippen molar-refractivity contribution in [2.24, 2.45) is 0 Å². The molecule has 0 spiro atoms. The van der Waals surface area contributed by atoms with Crippen LogP contribution in [0.1, 0.15) is 36.1 Å². The van der Waals surface area contributed by atoms with Crippen molar-refractivity contribution in [3.63, 3.8) is 0 Å². The van der Waals surface area contributed by atoms with E-state index in [1.807, 2.05) is 35.7 Å². The molecule has 0 saturated carbocycles. The lowest BCUT2D eigenvalue weighted by Gasteiger charge is -2.12. The molecule has 122 valence electrons. The van der Waals surface area contributed by atoms with Gasteiger partial charge in [-0.2, -0.15) is 0 Å². The Hall–Kier alpha value is -3.22. The average Bonchev–Trinajstić information content (AvgIpc) is 2.99. The van der Waals surface area contributed by atoms with Crippen molar-refractivity contribution in [2.75, 3.05) is 5.32 Å². The summed E-state index contributed by atoms with van der Waals surface area (Å²) in [5.41, 5.74) is 1.88. The maximum atomic E-state index is 12.4. The third-order valence-corrected chi connectivity index (χ3v) is 3.54. The fourth-order valence-electron chi connectivity index (χ4n) is 2.41. The molecule has 2 amide bonds. The number of carbonyl (C=O) groups excluding carboxylic acids is 2. The highest BCUT2D eigenvalue weighted by molar-refractivity contribution is 5.95. The minimum Gasteiger partial charge on any atom is -0.342 e. The summed E-state index contributed by atoms with van der Waals surface area (Å²) >= 11 is 0. The number of rotatable bonds is 4. The summed E-state index contributed by atoms with van der Waals surface area (Å²) in [5, 5.41) is 13.8. The molecule has 0 aliphatic heterocycles. The third-order valence-electron chi connectivity index (χ3n) is 3.54. The number of nitrogens with one attached hydrogen (secondary N) is 2. The molecule has 2 N–H and O–H groups in total. The van der Waals surface area contributed by atoms with Gasteiger partial charge in [-0.15, -0.1) is 10.2 Å². The van der Waals surface area contributed by atoms with Crippen molar-refractivity contribution in [3.8, 4) is 0 Å². The van der Waals surface area contributed by atoms with Crippen LogP contribution >= 0.6 is 0 Å². The van der Waals surface area contributed by atoms with Crippen LogP contribution in [0.2, 0.25) is 0 Å². The molecule has 0 aliphatic rings. The number of anilines is 1. The van der Waals surface area contributed by atoms with Crippen molar-refractivity contribution >= 4 is 23.1 Å². The van der Waals surface area contributed by atoms with Gasteiger partial charge in [-0.05, 0) is 43.3 Å². The number of hydrogen-bond acceptors (Lipinski definition) is 4. The van der Waals surface area contributed by atoms with Crippen LogP contribution in [0.15, 0.2) is 48.7 Å². The Morgan fingerprint density at radius 3 is 2.54 bits per heavy atom. The van der Waals surface area contributed by atoms with E-state index >= 15 is 0 Å². The van der Waals surface area contributed by atoms with Gasteiger partial charge in [0.2, 0.25) is 5.91 Å². The lowest BCUT2D eigenvalue weighted by molar-refractivity contribution is -0.114. The van der Waals surface area contributed by atoms with E-state index in [1.165, 1.54) is 6.92 Å². The minimum atomic E-state index is -0.301. The topological polar surface area (TPSA) is 88.4 Å². The first kappa shape index (κ1) is 15.7. The maximum absolute atomic E-state index is 12.4. The molecule has 24 heavy (non-hydrogen) atoms. The van der Waals surface area contributed by atoms with Gasteiger partial charge in [-0.25, -0.2) is 0 Å². The van der Waals surface area contributed by atoms with E-state index in [0.29, 0.717) is 17.1 Å². The van der Waals surface area contributed by atoms with E-state index in [-0.39, 0.29) is 17.9 Å². The Balaban J connectivity index is 1.73. The number of amides is 2. The third kappa shape index (κ3) is 3.24. The van der Waals surface area contributed by atoms with Crippen molar-refractivity contribution in [1.82, 2.24) is 19.9 Å². The van der Waals surface area contributed by atoms with E-state index in [1.54, 1.807) is 24.3 Å². The standard InChI is InChI=1S/C17H17N5O2/c1-11(16-21-20-15-5-3-4-10-22(15)16)18-17(24)13-6-8-14(9-7-13)19-12(2)23/h3-11H,1-2H3,(H,18,24)(H,19,23)/t11-/m0/s1. The van der Waals surface area contributed by atoms with Gasteiger partial charge in [0, 0.05) is 24.4 Å². The summed E-state index contributed by atoms with van der Waals surface area (Å²) in [6.45, 7) is 3.29. The first-order valence-electron chi connectivity index (χ1n) is 7.53. The van der Waals surface area contributed by atoms with Crippen molar-refractivity contribution in [3.05, 3.63) is 60.0 Å². The zero-order valence-corrected chi connectivity index (χ0v) is 13.4. The molecule has 3 rings (SSSR count). The van der Waals surface area contributed by atoms with Gasteiger partial charge < -0.3 is 10.6 Å². The van der Waals surface area contributed by atoms with Gasteiger partial charge in [0.15, 0.2) is 11.5 Å². The lowest BCUT2D eigenvalue weighted by Crippen LogP contribution is -2.28. The van der Waals surface area contributed by atoms with Crippen LogP contribution in [0.4, 0.5) is 5.69 Å². The molecule has 1 atom stereocenters. The molecule has 3 aromatic rings. The monoisotopic (exact) mass is 323 g/mol. The van der Waals surface area contributed by atoms with Crippen LogP contribution in [0.25, 0.3) is 5.65 Å². The molecule has 2 heterocycles. The van der Waals surface area contributed by atoms with Crippen molar-refractivity contribution in [2.45, 2.75) is 19.9 Å². The fourth-order valence-corrected chi connectivity index (χ4v) is 2.41. The molecule has 2 aromatic heterocycles. The number of benzene rings is 1. The molecule has 7 heteroatoms. The van der Waals surface area contributed by atoms with E-state index < -0.39 is 0 Å². The lowest BCUT2D eigenvalue weighted by atomic mass is 10.1. The van der Waals surface area contributed by atoms with Gasteiger partial charge in [0.05, 0.1) is 6.04 Å². The van der Waals surface area contributed by atoms with E-state index in [9.17, 15) is 9.59 Å². The quantitative estimate of drug-likeness (QED) is 0.770. The van der Waals surface area contributed by atoms with Gasteiger partial charge in [0.1, 0.15) is 0 Å². The van der Waals surface area contributed by atoms with Crippen molar-refractivity contribution in [1.29, 1.82) is 0 Å². The molecule has 0 fully saturated rings. The highest BCUT2D eigenvalue weighted by atomic mass is 16.2. The normalized spacial score (nSPS) is 11.9. The van der Waals surface area contributed by atoms with Crippen LogP contribution in [0.5, 0.6) is 0 Å². The van der Waals surface area contributed by atoms with E-state index in [0.717, 1.165) is 5.65 Å². The van der Waals surface area contributed by atoms with Crippen LogP contribution in [0.3, 0.4) is 0 Å². The summed E-state index contributed by atoms with van der Waals surface area (Å²) in [6.07, 6.45) is 1.86. The fraction of sp³-hybridized carbons (Fsp3) is 0.176. The molecular weight excluding hydrogens is 306 g/mol. The smallest absolute Gasteiger partial charge is 0.251 e. The molecule has 0 bridgehead atoms. The first-order chi connectivity index (χ1) is 11.5. The SMILES string of the molecule is CC(=O)Nc1ccc(C(=O)N[C@@H](C)c2nnc3ccccn23)cc1. The van der Waals surface area contributed by atoms with Gasteiger partial charge in [-0.1, -0.05) is 6.07 Å². The molecule has 7 nitrogen and oxygen atoms in total. The largest absolute Gasteiger partial charge is 0.342 e. The minimum absolute atomic E-state index is 0.153. The highest BCUT2D eigenvalue weighted by Crippen LogP contribution is 2.14. The van der Waals surface area contributed by atoms with Gasteiger partial charge in [-0.3, -0.25) is 14.0 Å². The second-order valence-electron chi connectivity index (χ2n) is 5.44. The second kappa shape index (κ2) is 6.49. The Bertz CT molecular complexity index is 885. The summed E-state index contributed by atoms with van der Waals surface area (Å²) in [4.78, 5) is 23.4. The summed E-state index contributed by atoms with van der Waals surface area (Å²) < 4.78 is 1.84. The predicted octanol–water partition coefficient (Wildman–Crippen LogP) is 2.18. The molecule has 0 radical (unpaired) electrons. The number of fused-ring (bicyclic) bond motifs is 1. The van der Waals surface area contributed by atoms with Crippen LogP contribution in [0, 0.1) is 0 Å². The molecular formula is C17H17N5O2. The first-order valence-corrected chi connectivity index (χ1v) is 7.53. The molecule has 0 aliphatic carbocycles. The number of hydrogen-bond donors (Lipinski definition) is 2. The highest BCUT2D eigenvalue weighted by Gasteiger charge is 2.16. The second-order valence-corrected chi connectivity index (χ2v) is 5.44. The Morgan fingerprint density at radius 1 is 1.08 bits per heavy atom. The van der Waals surface area contributed by atoms with Crippen molar-refractivity contribution < 1.29 is 9.59 Å². The summed E-state index contributed by atoms with van der Waals surface area (Å²) in [7, 11) is 0. The molecule has 0 saturated heterocycles. The Kier molecular flexibility index (Phi) is 4.24. The maximum Gasteiger partial charge on any atom is 0.251 e. The van der Waals surface area contributed by atoms with Crippen LogP contribution in [-0.2, 0) is 4.79 Å². The average molecular weight is 323 g/mol. The Labute approximate surface area is 138 Å². The zero-order chi connectivity index (χ0) is 17.1. The number of nitrogens with zero attached hydrogens (tertiary/aromatic N) is 3. The van der Waals surface area contributed by atoms with Gasteiger partial charge >= 0.3 is 0 Å². The summed E-state index contributed by atoms with van der Waals surface area (Å²) in [6, 6.07) is 12.0. The Morgan fingerprint density at radius 2 is 1.83 bits per heavy atom. The van der Waals surface area contributed by atoms with E-state index in [4.69, 9.17) is 0 Å². The number of carbonyl (C=O) groups is 2. The van der Waals surface area contributed by atoms with Gasteiger partial charge in [0.25, 0.3) is 5.91 Å². The summed E-state index contributed by atoms with van der Waals surface area (Å²) in [5.74, 6) is 0.290. The number of aromatic nitrogens is 3. The molecule has 0 unspecified atom stereocenters. The van der Waals surface area contributed by atoms with Crippen LogP contribution in [-0.4, -0.2) is 26.4 Å². The number of pyridine rings is 1. The zero-order valence-electron chi connectivity index (χ0n) is 13.4. The molecule has 1 aromatic carbocycles. The van der Waals surface area contributed by atoms with E-state index in [2.05, 4.69) is 20.8 Å². The predicted molar refractivity (Wildman–Crippen MR) is 89.6 cm³/mol. The van der Waals surface area contributed by atoms with Crippen LogP contribution < -0.4 is 10.6 Å².